The topological polar surface area (TPSA) is 111 Å². The SMILES string of the molecule is CC/C=C\C/C=C\C/C=C\C/C=C\C/C=C\CCCCCCCCCCCCCCCCCC(=O)OC(COC(=O)CCCCCCCCCCCCCCCCCCCCCCCCCCCC)COP(=O)([O-])OCC[N+](C)(C)C. The summed E-state index contributed by atoms with van der Waals surface area (Å²) in [4.78, 5) is 38.1. The monoisotopic (exact) mass is 1160 g/mol. The van der Waals surface area contributed by atoms with Crippen LogP contribution in [0, 0.1) is 0 Å². The molecule has 0 aromatic heterocycles. The van der Waals surface area contributed by atoms with Gasteiger partial charge in [-0.3, -0.25) is 14.2 Å². The fraction of sp³-hybridized carbons (Fsp3) is 0.831. The number of nitrogens with zero attached hydrogens (tertiary/aromatic N) is 1. The summed E-state index contributed by atoms with van der Waals surface area (Å²) in [5.41, 5.74) is 0. The standard InChI is InChI=1S/C71H132NO8P/c1-6-8-10-12-14-16-18-20-22-24-26-28-30-32-34-35-36-37-38-40-42-44-46-48-50-52-54-56-58-60-62-64-71(74)80-69(68-79-81(75,76)78-66-65-72(3,4)5)67-77-70(73)63-61-59-57-55-53-51-49-47-45-43-41-39-33-31-29-27-25-23-21-19-17-15-13-11-9-7-2/h8,10,14,16,20,22,26,28,32,34,69H,6-7,9,11-13,15,17-19,21,23-25,27,29-31,33,35-68H2,1-5H3/b10-8-,16-14-,22-20-,28-26-,34-32-. The van der Waals surface area contributed by atoms with Gasteiger partial charge >= 0.3 is 11.9 Å². The molecule has 0 N–H and O–H groups in total. The predicted octanol–water partition coefficient (Wildman–Crippen LogP) is 21.6. The Balaban J connectivity index is 4.03. The third-order valence-corrected chi connectivity index (χ3v) is 16.3. The van der Waals surface area contributed by atoms with Crippen molar-refractivity contribution >= 4 is 19.8 Å². The number of quaternary nitrogens is 1. The molecule has 0 aliphatic rings. The first-order chi connectivity index (χ1) is 39.5. The lowest BCUT2D eigenvalue weighted by molar-refractivity contribution is -0.870. The second kappa shape index (κ2) is 62.2. The summed E-state index contributed by atoms with van der Waals surface area (Å²) in [5.74, 6) is -0.817. The molecule has 0 aromatic rings. The minimum Gasteiger partial charge on any atom is -0.756 e. The Morgan fingerprint density at radius 1 is 0.395 bits per heavy atom. The minimum absolute atomic E-state index is 0.0297. The molecule has 474 valence electrons. The molecular weight excluding hydrogens is 1030 g/mol. The maximum absolute atomic E-state index is 12.9. The summed E-state index contributed by atoms with van der Waals surface area (Å²) in [6, 6.07) is 0. The number of esters is 2. The number of rotatable bonds is 64. The number of unbranched alkanes of at least 4 members (excludes halogenated alkanes) is 40. The van der Waals surface area contributed by atoms with E-state index in [4.69, 9.17) is 18.5 Å². The Bertz CT molecular complexity index is 1550. The van der Waals surface area contributed by atoms with Crippen LogP contribution in [0.5, 0.6) is 0 Å². The molecule has 0 rings (SSSR count). The highest BCUT2D eigenvalue weighted by Gasteiger charge is 2.22. The second-order valence-corrected chi connectivity index (χ2v) is 25.9. The third-order valence-electron chi connectivity index (χ3n) is 15.3. The Labute approximate surface area is 502 Å². The molecule has 0 fully saturated rings. The molecule has 0 aliphatic heterocycles. The van der Waals surface area contributed by atoms with Gasteiger partial charge < -0.3 is 27.9 Å². The van der Waals surface area contributed by atoms with Crippen molar-refractivity contribution in [3.63, 3.8) is 0 Å². The zero-order chi connectivity index (χ0) is 59.1. The quantitative estimate of drug-likeness (QED) is 0.0195. The summed E-state index contributed by atoms with van der Waals surface area (Å²) in [7, 11) is 1.18. The molecule has 0 aromatic carbocycles. The molecule has 10 heteroatoms. The van der Waals surface area contributed by atoms with Crippen LogP contribution in [-0.4, -0.2) is 70.0 Å². The van der Waals surface area contributed by atoms with Crippen LogP contribution in [0.15, 0.2) is 60.8 Å². The molecule has 0 aliphatic carbocycles. The van der Waals surface area contributed by atoms with E-state index in [1.165, 1.54) is 225 Å². The van der Waals surface area contributed by atoms with E-state index in [1.54, 1.807) is 0 Å². The van der Waals surface area contributed by atoms with E-state index < -0.39 is 26.5 Å². The number of phosphoric acid groups is 1. The van der Waals surface area contributed by atoms with Gasteiger partial charge in [-0.15, -0.1) is 0 Å². The number of phosphoric ester groups is 1. The van der Waals surface area contributed by atoms with Crippen LogP contribution in [-0.2, 0) is 32.7 Å². The maximum Gasteiger partial charge on any atom is 0.306 e. The number of allylic oxidation sites excluding steroid dienone is 10. The van der Waals surface area contributed by atoms with Crippen LogP contribution in [0.3, 0.4) is 0 Å². The van der Waals surface area contributed by atoms with Crippen LogP contribution >= 0.6 is 7.82 Å². The highest BCUT2D eigenvalue weighted by atomic mass is 31.2. The van der Waals surface area contributed by atoms with Crippen molar-refractivity contribution in [1.82, 2.24) is 0 Å². The van der Waals surface area contributed by atoms with Gasteiger partial charge in [0.05, 0.1) is 27.7 Å². The maximum atomic E-state index is 12.9. The van der Waals surface area contributed by atoms with Gasteiger partial charge in [0.25, 0.3) is 7.82 Å². The van der Waals surface area contributed by atoms with E-state index in [2.05, 4.69) is 74.6 Å². The van der Waals surface area contributed by atoms with Crippen molar-refractivity contribution in [2.45, 2.75) is 335 Å². The second-order valence-electron chi connectivity index (χ2n) is 24.5. The van der Waals surface area contributed by atoms with E-state index in [-0.39, 0.29) is 32.0 Å². The normalized spacial score (nSPS) is 13.5. The van der Waals surface area contributed by atoms with Crippen LogP contribution in [0.2, 0.25) is 0 Å². The molecular formula is C71H132NO8P. The number of likely N-dealkylation sites (N-methyl/N-ethyl adjacent to an activating group) is 1. The van der Waals surface area contributed by atoms with Gasteiger partial charge in [0.1, 0.15) is 19.8 Å². The van der Waals surface area contributed by atoms with E-state index in [9.17, 15) is 19.0 Å². The zero-order valence-corrected chi connectivity index (χ0v) is 54.9. The first-order valence-corrected chi connectivity index (χ1v) is 36.0. The van der Waals surface area contributed by atoms with Gasteiger partial charge in [-0.1, -0.05) is 319 Å². The number of hydrogen-bond acceptors (Lipinski definition) is 8. The Kier molecular flexibility index (Phi) is 60.5. The minimum atomic E-state index is -4.64. The van der Waals surface area contributed by atoms with Gasteiger partial charge in [-0.2, -0.15) is 0 Å². The van der Waals surface area contributed by atoms with Crippen LogP contribution in [0.1, 0.15) is 328 Å². The van der Waals surface area contributed by atoms with Gasteiger partial charge in [0, 0.05) is 12.8 Å². The lowest BCUT2D eigenvalue weighted by Gasteiger charge is -2.28. The van der Waals surface area contributed by atoms with Crippen molar-refractivity contribution in [1.29, 1.82) is 0 Å². The van der Waals surface area contributed by atoms with Crippen molar-refractivity contribution in [2.75, 3.05) is 47.5 Å². The smallest absolute Gasteiger partial charge is 0.306 e. The van der Waals surface area contributed by atoms with Crippen molar-refractivity contribution in [2.24, 2.45) is 0 Å². The molecule has 2 unspecified atom stereocenters. The average Bonchev–Trinajstić information content (AvgIpc) is 3.43. The first kappa shape index (κ1) is 78.7. The highest BCUT2D eigenvalue weighted by Crippen LogP contribution is 2.38. The van der Waals surface area contributed by atoms with Gasteiger partial charge in [-0.05, 0) is 57.8 Å². The van der Waals surface area contributed by atoms with Crippen LogP contribution < -0.4 is 4.89 Å². The van der Waals surface area contributed by atoms with Gasteiger partial charge in [-0.25, -0.2) is 0 Å². The average molecular weight is 1160 g/mol. The highest BCUT2D eigenvalue weighted by molar-refractivity contribution is 7.45. The summed E-state index contributed by atoms with van der Waals surface area (Å²) >= 11 is 0. The van der Waals surface area contributed by atoms with Gasteiger partial charge in [0.15, 0.2) is 6.10 Å². The largest absolute Gasteiger partial charge is 0.756 e. The number of carbonyl (C=O) groups excluding carboxylic acids is 2. The zero-order valence-electron chi connectivity index (χ0n) is 54.0. The van der Waals surface area contributed by atoms with E-state index in [0.29, 0.717) is 17.4 Å². The number of ether oxygens (including phenoxy) is 2. The Morgan fingerprint density at radius 2 is 0.704 bits per heavy atom. The summed E-state index contributed by atoms with van der Waals surface area (Å²) in [5, 5.41) is 0. The van der Waals surface area contributed by atoms with Crippen LogP contribution in [0.25, 0.3) is 0 Å². The summed E-state index contributed by atoms with van der Waals surface area (Å²) in [6.45, 7) is 4.18. The predicted molar refractivity (Wildman–Crippen MR) is 347 cm³/mol. The molecule has 9 nitrogen and oxygen atoms in total. The van der Waals surface area contributed by atoms with Crippen LogP contribution in [0.4, 0.5) is 0 Å². The Morgan fingerprint density at radius 3 is 1.05 bits per heavy atom. The van der Waals surface area contributed by atoms with E-state index in [0.717, 1.165) is 70.6 Å². The van der Waals surface area contributed by atoms with Crippen molar-refractivity contribution in [3.8, 4) is 0 Å². The molecule has 2 atom stereocenters. The molecule has 0 amide bonds. The molecule has 0 saturated carbocycles. The Hall–Kier alpha value is -2.29. The molecule has 0 spiro atoms. The third kappa shape index (κ3) is 66.7. The lowest BCUT2D eigenvalue weighted by atomic mass is 10.0. The first-order valence-electron chi connectivity index (χ1n) is 34.5. The summed E-state index contributed by atoms with van der Waals surface area (Å²) < 4.78 is 34.3. The fourth-order valence-corrected chi connectivity index (χ4v) is 10.8. The fourth-order valence-electron chi connectivity index (χ4n) is 10.0. The molecule has 0 heterocycles. The molecule has 0 bridgehead atoms. The lowest BCUT2D eigenvalue weighted by Crippen LogP contribution is -2.37. The van der Waals surface area contributed by atoms with E-state index >= 15 is 0 Å². The number of carbonyl (C=O) groups is 2. The van der Waals surface area contributed by atoms with Crippen molar-refractivity contribution < 1.29 is 42.1 Å². The van der Waals surface area contributed by atoms with Crippen molar-refractivity contribution in [3.05, 3.63) is 60.8 Å². The molecule has 0 saturated heterocycles. The number of hydrogen-bond donors (Lipinski definition) is 0. The van der Waals surface area contributed by atoms with E-state index in [1.807, 2.05) is 21.1 Å². The summed E-state index contributed by atoms with van der Waals surface area (Å²) in [6.07, 6.45) is 81.6. The molecule has 0 radical (unpaired) electrons. The van der Waals surface area contributed by atoms with Gasteiger partial charge in [0.2, 0.25) is 0 Å². The molecule has 81 heavy (non-hydrogen) atoms.